The highest BCUT2D eigenvalue weighted by atomic mass is 19.1. The van der Waals surface area contributed by atoms with Crippen LogP contribution in [0.1, 0.15) is 18.4 Å². The van der Waals surface area contributed by atoms with Gasteiger partial charge < -0.3 is 10.6 Å². The van der Waals surface area contributed by atoms with Crippen LogP contribution in [0.4, 0.5) is 4.39 Å². The second kappa shape index (κ2) is 4.75. The maximum absolute atomic E-state index is 12.8. The van der Waals surface area contributed by atoms with Crippen LogP contribution in [0.15, 0.2) is 24.3 Å². The molecule has 3 rings (SSSR count). The zero-order valence-corrected chi connectivity index (χ0v) is 9.95. The summed E-state index contributed by atoms with van der Waals surface area (Å²) in [5.74, 6) is 1.42. The maximum atomic E-state index is 12.8. The van der Waals surface area contributed by atoms with Gasteiger partial charge in [-0.1, -0.05) is 12.1 Å². The average molecular weight is 234 g/mol. The Labute approximate surface area is 102 Å². The third kappa shape index (κ3) is 2.35. The van der Waals surface area contributed by atoms with Crippen molar-refractivity contribution in [1.29, 1.82) is 0 Å². The maximum Gasteiger partial charge on any atom is 0.123 e. The van der Waals surface area contributed by atoms with Crippen molar-refractivity contribution in [3.63, 3.8) is 0 Å². The Balaban J connectivity index is 1.59. The molecule has 3 atom stereocenters. The fraction of sp³-hybridized carbons (Fsp3) is 0.571. The molecule has 1 saturated heterocycles. The van der Waals surface area contributed by atoms with Gasteiger partial charge in [-0.3, -0.25) is 0 Å². The van der Waals surface area contributed by atoms with Crippen LogP contribution >= 0.6 is 0 Å². The number of piperidine rings is 1. The van der Waals surface area contributed by atoms with Crippen LogP contribution in [0.2, 0.25) is 0 Å². The largest absolute Gasteiger partial charge is 0.316 e. The molecule has 0 spiro atoms. The van der Waals surface area contributed by atoms with Crippen molar-refractivity contribution < 1.29 is 4.39 Å². The number of nitrogens with one attached hydrogen (secondary N) is 2. The third-order valence-electron chi connectivity index (χ3n) is 4.19. The highest BCUT2D eigenvalue weighted by Crippen LogP contribution is 2.33. The molecule has 1 aromatic rings. The average Bonchev–Trinajstić information content (AvgIpc) is 2.58. The quantitative estimate of drug-likeness (QED) is 0.835. The van der Waals surface area contributed by atoms with E-state index < -0.39 is 0 Å². The van der Waals surface area contributed by atoms with Crippen molar-refractivity contribution in [3.05, 3.63) is 35.6 Å². The van der Waals surface area contributed by atoms with Crippen LogP contribution in [-0.4, -0.2) is 19.1 Å². The molecule has 2 fully saturated rings. The first kappa shape index (κ1) is 11.2. The molecule has 1 aliphatic carbocycles. The van der Waals surface area contributed by atoms with Crippen LogP contribution in [0.3, 0.4) is 0 Å². The molecular weight excluding hydrogens is 215 g/mol. The van der Waals surface area contributed by atoms with Crippen molar-refractivity contribution >= 4 is 0 Å². The third-order valence-corrected chi connectivity index (χ3v) is 4.19. The summed E-state index contributed by atoms with van der Waals surface area (Å²) < 4.78 is 12.8. The minimum atomic E-state index is -0.157. The smallest absolute Gasteiger partial charge is 0.123 e. The van der Waals surface area contributed by atoms with E-state index in [4.69, 9.17) is 0 Å². The number of fused-ring (bicyclic) bond motifs is 2. The minimum Gasteiger partial charge on any atom is -0.316 e. The van der Waals surface area contributed by atoms with E-state index in [9.17, 15) is 4.39 Å². The summed E-state index contributed by atoms with van der Waals surface area (Å²) in [6.45, 7) is 3.16. The summed E-state index contributed by atoms with van der Waals surface area (Å²) in [7, 11) is 0. The predicted octanol–water partition coefficient (Wildman–Crippen LogP) is 1.91. The molecule has 1 unspecified atom stereocenters. The van der Waals surface area contributed by atoms with Gasteiger partial charge >= 0.3 is 0 Å². The van der Waals surface area contributed by atoms with E-state index in [0.717, 1.165) is 31.5 Å². The Hall–Kier alpha value is -0.930. The molecule has 1 saturated carbocycles. The minimum absolute atomic E-state index is 0.157. The van der Waals surface area contributed by atoms with Crippen molar-refractivity contribution in [2.24, 2.45) is 11.8 Å². The van der Waals surface area contributed by atoms with Crippen LogP contribution in [-0.2, 0) is 6.54 Å². The molecule has 1 heterocycles. The second-order valence-electron chi connectivity index (χ2n) is 5.29. The number of hydrogen-bond donors (Lipinski definition) is 2. The number of hydrogen-bond acceptors (Lipinski definition) is 2. The first-order valence-electron chi connectivity index (χ1n) is 6.51. The zero-order valence-electron chi connectivity index (χ0n) is 9.95. The molecule has 92 valence electrons. The van der Waals surface area contributed by atoms with Crippen molar-refractivity contribution in [2.45, 2.75) is 25.4 Å². The standard InChI is InChI=1S/C14H19FN2/c15-13-5-1-10(2-6-13)7-17-14-11-3-4-12(14)9-16-8-11/h1-2,5-6,11-12,14,16-17H,3-4,7-9H2/t11-,12+,14?. The van der Waals surface area contributed by atoms with Gasteiger partial charge in [0.2, 0.25) is 0 Å². The van der Waals surface area contributed by atoms with Gasteiger partial charge in [0.1, 0.15) is 5.82 Å². The lowest BCUT2D eigenvalue weighted by Crippen LogP contribution is -2.48. The lowest BCUT2D eigenvalue weighted by atomic mass is 9.93. The molecule has 2 nitrogen and oxygen atoms in total. The molecule has 17 heavy (non-hydrogen) atoms. The van der Waals surface area contributed by atoms with Gasteiger partial charge in [-0.2, -0.15) is 0 Å². The molecular formula is C14H19FN2. The molecule has 2 N–H and O–H groups in total. The summed E-state index contributed by atoms with van der Waals surface area (Å²) in [6.07, 6.45) is 2.69. The lowest BCUT2D eigenvalue weighted by molar-refractivity contribution is 0.271. The fourth-order valence-electron chi connectivity index (χ4n) is 3.26. The number of halogens is 1. The van der Waals surface area contributed by atoms with Gasteiger partial charge in [-0.25, -0.2) is 4.39 Å². The van der Waals surface area contributed by atoms with Crippen molar-refractivity contribution in [3.8, 4) is 0 Å². The van der Waals surface area contributed by atoms with Gasteiger partial charge in [-0.15, -0.1) is 0 Å². The zero-order chi connectivity index (χ0) is 11.7. The Morgan fingerprint density at radius 2 is 1.76 bits per heavy atom. The fourth-order valence-corrected chi connectivity index (χ4v) is 3.26. The monoisotopic (exact) mass is 234 g/mol. The van der Waals surface area contributed by atoms with Gasteiger partial charge in [0, 0.05) is 12.6 Å². The van der Waals surface area contributed by atoms with E-state index in [0.29, 0.717) is 6.04 Å². The number of rotatable bonds is 3. The van der Waals surface area contributed by atoms with Gasteiger partial charge in [-0.05, 0) is 55.5 Å². The predicted molar refractivity (Wildman–Crippen MR) is 66.1 cm³/mol. The van der Waals surface area contributed by atoms with Crippen LogP contribution in [0.25, 0.3) is 0 Å². The van der Waals surface area contributed by atoms with Crippen LogP contribution in [0, 0.1) is 17.7 Å². The normalized spacial score (nSPS) is 31.7. The van der Waals surface area contributed by atoms with E-state index in [1.165, 1.54) is 30.5 Å². The Morgan fingerprint density at radius 3 is 2.41 bits per heavy atom. The van der Waals surface area contributed by atoms with E-state index in [-0.39, 0.29) is 5.82 Å². The van der Waals surface area contributed by atoms with E-state index in [1.807, 2.05) is 12.1 Å². The highest BCUT2D eigenvalue weighted by molar-refractivity contribution is 5.16. The summed E-state index contributed by atoms with van der Waals surface area (Å²) in [5.41, 5.74) is 1.17. The van der Waals surface area contributed by atoms with Gasteiger partial charge in [0.15, 0.2) is 0 Å². The summed E-state index contributed by atoms with van der Waals surface area (Å²) in [6, 6.07) is 7.46. The molecule has 3 heteroatoms. The Kier molecular flexibility index (Phi) is 3.12. The molecule has 0 amide bonds. The van der Waals surface area contributed by atoms with E-state index in [1.54, 1.807) is 0 Å². The summed E-state index contributed by atoms with van der Waals surface area (Å²) in [4.78, 5) is 0. The molecule has 2 aliphatic rings. The molecule has 1 aromatic carbocycles. The van der Waals surface area contributed by atoms with E-state index in [2.05, 4.69) is 10.6 Å². The Morgan fingerprint density at radius 1 is 1.12 bits per heavy atom. The van der Waals surface area contributed by atoms with Crippen molar-refractivity contribution in [2.75, 3.05) is 13.1 Å². The first-order valence-corrected chi connectivity index (χ1v) is 6.51. The first-order chi connectivity index (χ1) is 8.33. The molecule has 0 aromatic heterocycles. The lowest BCUT2D eigenvalue weighted by Gasteiger charge is -2.31. The van der Waals surface area contributed by atoms with Gasteiger partial charge in [0.05, 0.1) is 0 Å². The van der Waals surface area contributed by atoms with E-state index >= 15 is 0 Å². The second-order valence-corrected chi connectivity index (χ2v) is 5.29. The molecule has 1 aliphatic heterocycles. The van der Waals surface area contributed by atoms with Crippen LogP contribution < -0.4 is 10.6 Å². The Bertz CT molecular complexity index is 360. The molecule has 0 radical (unpaired) electrons. The topological polar surface area (TPSA) is 24.1 Å². The SMILES string of the molecule is Fc1ccc(CNC2[C@@H]3CC[C@H]2CNC3)cc1. The van der Waals surface area contributed by atoms with Crippen LogP contribution in [0.5, 0.6) is 0 Å². The van der Waals surface area contributed by atoms with Crippen molar-refractivity contribution in [1.82, 2.24) is 10.6 Å². The summed E-state index contributed by atoms with van der Waals surface area (Å²) >= 11 is 0. The molecule has 2 bridgehead atoms. The summed E-state index contributed by atoms with van der Waals surface area (Å²) in [5, 5.41) is 7.15. The number of benzene rings is 1. The van der Waals surface area contributed by atoms with Gasteiger partial charge in [0.25, 0.3) is 0 Å². The highest BCUT2D eigenvalue weighted by Gasteiger charge is 2.38.